The van der Waals surface area contributed by atoms with Gasteiger partial charge in [-0.25, -0.2) is 8.42 Å². The minimum atomic E-state index is -3.84. The Morgan fingerprint density at radius 3 is 2.69 bits per heavy atom. The lowest BCUT2D eigenvalue weighted by atomic mass is 10.0. The molecule has 29 heavy (non-hydrogen) atoms. The van der Waals surface area contributed by atoms with Gasteiger partial charge in [-0.05, 0) is 55.5 Å². The molecule has 6 nitrogen and oxygen atoms in total. The fourth-order valence-corrected chi connectivity index (χ4v) is 5.78. The molecule has 2 aliphatic heterocycles. The monoisotopic (exact) mass is 434 g/mol. The molecule has 1 unspecified atom stereocenters. The van der Waals surface area contributed by atoms with Crippen LogP contribution in [0.25, 0.3) is 0 Å². The summed E-state index contributed by atoms with van der Waals surface area (Å²) in [5.74, 6) is -0.357. The number of fused-ring (bicyclic) bond motifs is 1. The second-order valence-electron chi connectivity index (χ2n) is 7.50. The van der Waals surface area contributed by atoms with E-state index in [1.165, 1.54) is 27.4 Å². The third kappa shape index (κ3) is 3.86. The van der Waals surface area contributed by atoms with Crippen LogP contribution in [0.1, 0.15) is 35.2 Å². The van der Waals surface area contributed by atoms with E-state index >= 15 is 0 Å². The molecule has 2 aliphatic rings. The molecular weight excluding hydrogens is 412 g/mol. The molecule has 1 N–H and O–H groups in total. The topological polar surface area (TPSA) is 77.9 Å². The number of aryl methyl sites for hydroxylation is 1. The van der Waals surface area contributed by atoms with Gasteiger partial charge in [0.15, 0.2) is 0 Å². The van der Waals surface area contributed by atoms with Crippen molar-refractivity contribution in [2.45, 2.75) is 36.7 Å². The highest BCUT2D eigenvalue weighted by atomic mass is 35.5. The smallest absolute Gasteiger partial charge is 0.264 e. The summed E-state index contributed by atoms with van der Waals surface area (Å²) in [6.07, 6.45) is 2.36. The number of benzene rings is 2. The van der Waals surface area contributed by atoms with Gasteiger partial charge >= 0.3 is 0 Å². The molecule has 2 heterocycles. The van der Waals surface area contributed by atoms with Gasteiger partial charge in [0.2, 0.25) is 0 Å². The van der Waals surface area contributed by atoms with Crippen LogP contribution in [0.2, 0.25) is 5.02 Å². The van der Waals surface area contributed by atoms with Crippen LogP contribution in [-0.4, -0.2) is 50.1 Å². The number of para-hydroxylation sites is 1. The highest BCUT2D eigenvalue weighted by Gasteiger charge is 2.31. The summed E-state index contributed by atoms with van der Waals surface area (Å²) in [4.78, 5) is 14.5. The number of carbonyl (C=O) groups is 1. The Kier molecular flexibility index (Phi) is 5.55. The SMILES string of the molecule is O=C(c1cc(S(=O)(=O)N2CCCc3ccccc32)ccc1Cl)N1CCCC(O)C1. The van der Waals surface area contributed by atoms with Crippen LogP contribution in [0.15, 0.2) is 47.4 Å². The molecule has 1 saturated heterocycles. The first kappa shape index (κ1) is 20.2. The summed E-state index contributed by atoms with van der Waals surface area (Å²) in [5, 5.41) is 10.1. The lowest BCUT2D eigenvalue weighted by Gasteiger charge is -2.31. The molecule has 0 aromatic heterocycles. The van der Waals surface area contributed by atoms with E-state index in [0.29, 0.717) is 31.6 Å². The Labute approximate surface area is 175 Å². The number of amides is 1. The Hall–Kier alpha value is -2.09. The zero-order valence-corrected chi connectivity index (χ0v) is 17.5. The van der Waals surface area contributed by atoms with Gasteiger partial charge < -0.3 is 10.0 Å². The minimum absolute atomic E-state index is 0.0412. The van der Waals surface area contributed by atoms with Crippen molar-refractivity contribution in [1.29, 1.82) is 0 Å². The number of hydrogen-bond donors (Lipinski definition) is 1. The van der Waals surface area contributed by atoms with Crippen LogP contribution in [0, 0.1) is 0 Å². The molecule has 2 aromatic rings. The molecular formula is C21H23ClN2O4S. The number of nitrogens with zero attached hydrogens (tertiary/aromatic N) is 2. The van der Waals surface area contributed by atoms with Crippen LogP contribution >= 0.6 is 11.6 Å². The number of halogens is 1. The van der Waals surface area contributed by atoms with Gasteiger partial charge in [0.25, 0.3) is 15.9 Å². The van der Waals surface area contributed by atoms with Crippen molar-refractivity contribution in [3.63, 3.8) is 0 Å². The van der Waals surface area contributed by atoms with Crippen molar-refractivity contribution in [1.82, 2.24) is 4.90 Å². The first-order valence-corrected chi connectivity index (χ1v) is 11.6. The van der Waals surface area contributed by atoms with Crippen molar-refractivity contribution in [3.05, 3.63) is 58.6 Å². The van der Waals surface area contributed by atoms with Crippen molar-refractivity contribution in [2.24, 2.45) is 0 Å². The van der Waals surface area contributed by atoms with E-state index in [4.69, 9.17) is 11.6 Å². The number of aliphatic hydroxyl groups is 1. The third-order valence-corrected chi connectivity index (χ3v) is 7.65. The highest BCUT2D eigenvalue weighted by molar-refractivity contribution is 7.92. The Bertz CT molecular complexity index is 1040. The molecule has 154 valence electrons. The van der Waals surface area contributed by atoms with Crippen molar-refractivity contribution in [2.75, 3.05) is 23.9 Å². The first-order chi connectivity index (χ1) is 13.9. The van der Waals surface area contributed by atoms with Crippen molar-refractivity contribution >= 4 is 33.2 Å². The molecule has 0 saturated carbocycles. The maximum Gasteiger partial charge on any atom is 0.264 e. The predicted molar refractivity (Wildman–Crippen MR) is 112 cm³/mol. The van der Waals surface area contributed by atoms with Crippen LogP contribution in [0.5, 0.6) is 0 Å². The maximum absolute atomic E-state index is 13.4. The van der Waals surface area contributed by atoms with Crippen molar-refractivity contribution < 1.29 is 18.3 Å². The van der Waals surface area contributed by atoms with Gasteiger partial charge in [-0.3, -0.25) is 9.10 Å². The normalized spacial score (nSPS) is 19.7. The van der Waals surface area contributed by atoms with E-state index in [0.717, 1.165) is 18.4 Å². The molecule has 1 fully saturated rings. The van der Waals surface area contributed by atoms with E-state index in [2.05, 4.69) is 0 Å². The fraction of sp³-hybridized carbons (Fsp3) is 0.381. The Morgan fingerprint density at radius 1 is 1.10 bits per heavy atom. The molecule has 2 aromatic carbocycles. The number of piperidine rings is 1. The summed E-state index contributed by atoms with van der Waals surface area (Å²) in [7, 11) is -3.84. The second-order valence-corrected chi connectivity index (χ2v) is 9.77. The van der Waals surface area contributed by atoms with Gasteiger partial charge in [-0.1, -0.05) is 29.8 Å². The molecule has 0 radical (unpaired) electrons. The van der Waals surface area contributed by atoms with Gasteiger partial charge in [0, 0.05) is 19.6 Å². The van der Waals surface area contributed by atoms with E-state index in [-0.39, 0.29) is 27.9 Å². The number of anilines is 1. The Morgan fingerprint density at radius 2 is 1.90 bits per heavy atom. The lowest BCUT2D eigenvalue weighted by molar-refractivity contribution is 0.0473. The first-order valence-electron chi connectivity index (χ1n) is 9.75. The summed E-state index contributed by atoms with van der Waals surface area (Å²) >= 11 is 6.25. The molecule has 0 spiro atoms. The number of sulfonamides is 1. The zero-order valence-electron chi connectivity index (χ0n) is 15.9. The van der Waals surface area contributed by atoms with E-state index in [1.807, 2.05) is 24.3 Å². The molecule has 0 bridgehead atoms. The zero-order chi connectivity index (χ0) is 20.6. The number of likely N-dealkylation sites (tertiary alicyclic amines) is 1. The third-order valence-electron chi connectivity index (χ3n) is 5.51. The van der Waals surface area contributed by atoms with Crippen molar-refractivity contribution in [3.8, 4) is 0 Å². The molecule has 4 rings (SSSR count). The maximum atomic E-state index is 13.4. The minimum Gasteiger partial charge on any atom is -0.391 e. The van der Waals surface area contributed by atoms with Crippen LogP contribution < -0.4 is 4.31 Å². The quantitative estimate of drug-likeness (QED) is 0.805. The van der Waals surface area contributed by atoms with Gasteiger partial charge in [0.05, 0.1) is 27.3 Å². The molecule has 1 atom stereocenters. The average molecular weight is 435 g/mol. The number of hydrogen-bond acceptors (Lipinski definition) is 4. The second kappa shape index (κ2) is 7.97. The molecule has 8 heteroatoms. The van der Waals surface area contributed by atoms with Gasteiger partial charge in [-0.15, -0.1) is 0 Å². The standard InChI is InChI=1S/C21H23ClN2O4S/c22-19-10-9-17(13-18(19)21(26)23-11-4-7-16(25)14-23)29(27,28)24-12-3-6-15-5-1-2-8-20(15)24/h1-2,5,8-10,13,16,25H,3-4,6-7,11-12,14H2. The Balaban J connectivity index is 1.69. The molecule has 1 amide bonds. The summed E-state index contributed by atoms with van der Waals surface area (Å²) in [6, 6.07) is 11.7. The number of rotatable bonds is 3. The number of carbonyl (C=O) groups excluding carboxylic acids is 1. The number of aliphatic hydroxyl groups excluding tert-OH is 1. The van der Waals surface area contributed by atoms with E-state index in [9.17, 15) is 18.3 Å². The van der Waals surface area contributed by atoms with Crippen LogP contribution in [0.3, 0.4) is 0 Å². The number of β-amino-alcohol motifs (C(OH)–C–C–N with tert-alkyl or cyclic N) is 1. The summed E-state index contributed by atoms with van der Waals surface area (Å²) < 4.78 is 28.2. The van der Waals surface area contributed by atoms with E-state index < -0.39 is 16.1 Å². The van der Waals surface area contributed by atoms with Crippen LogP contribution in [0.4, 0.5) is 5.69 Å². The average Bonchev–Trinajstić information content (AvgIpc) is 2.73. The van der Waals surface area contributed by atoms with Gasteiger partial charge in [0.1, 0.15) is 0 Å². The van der Waals surface area contributed by atoms with E-state index in [1.54, 1.807) is 0 Å². The van der Waals surface area contributed by atoms with Crippen LogP contribution in [-0.2, 0) is 16.4 Å². The summed E-state index contributed by atoms with van der Waals surface area (Å²) in [6.45, 7) is 1.14. The van der Waals surface area contributed by atoms with Gasteiger partial charge in [-0.2, -0.15) is 0 Å². The highest BCUT2D eigenvalue weighted by Crippen LogP contribution is 2.33. The molecule has 0 aliphatic carbocycles. The summed E-state index contributed by atoms with van der Waals surface area (Å²) in [5.41, 5.74) is 1.82. The predicted octanol–water partition coefficient (Wildman–Crippen LogP) is 3.08. The lowest BCUT2D eigenvalue weighted by Crippen LogP contribution is -2.42. The largest absolute Gasteiger partial charge is 0.391 e. The fourth-order valence-electron chi connectivity index (χ4n) is 4.01.